The van der Waals surface area contributed by atoms with Gasteiger partial charge in [-0.05, 0) is 67.4 Å². The van der Waals surface area contributed by atoms with E-state index in [1.807, 2.05) is 43.3 Å². The summed E-state index contributed by atoms with van der Waals surface area (Å²) in [6.07, 6.45) is 0.817. The molecule has 0 unspecified atom stereocenters. The lowest BCUT2D eigenvalue weighted by Crippen LogP contribution is -2.17. The maximum absolute atomic E-state index is 6.24. The van der Waals surface area contributed by atoms with Gasteiger partial charge in [0.1, 0.15) is 6.61 Å². The fourth-order valence-corrected chi connectivity index (χ4v) is 3.99. The van der Waals surface area contributed by atoms with E-state index in [2.05, 4.69) is 5.32 Å². The van der Waals surface area contributed by atoms with Crippen LogP contribution in [0.4, 0.5) is 0 Å². The minimum Gasteiger partial charge on any atom is -0.490 e. The Morgan fingerprint density at radius 2 is 1.42 bits per heavy atom. The van der Waals surface area contributed by atoms with E-state index in [0.29, 0.717) is 51.3 Å². The van der Waals surface area contributed by atoms with E-state index in [9.17, 15) is 0 Å². The maximum atomic E-state index is 6.24. The molecule has 0 saturated heterocycles. The molecule has 0 aliphatic carbocycles. The summed E-state index contributed by atoms with van der Waals surface area (Å²) in [7, 11) is 0. The molecule has 1 N–H and O–H groups in total. The van der Waals surface area contributed by atoms with E-state index >= 15 is 0 Å². The van der Waals surface area contributed by atoms with Gasteiger partial charge in [0.05, 0.1) is 6.61 Å². The quantitative estimate of drug-likeness (QED) is 0.292. The first-order chi connectivity index (χ1) is 15.0. The highest BCUT2D eigenvalue weighted by atomic mass is 35.5. The molecule has 0 radical (unpaired) electrons. The lowest BCUT2D eigenvalue weighted by atomic mass is 10.1. The Kier molecular flexibility index (Phi) is 9.18. The van der Waals surface area contributed by atoms with Crippen molar-refractivity contribution >= 4 is 46.4 Å². The summed E-state index contributed by atoms with van der Waals surface area (Å²) in [5.74, 6) is 1.37. The zero-order chi connectivity index (χ0) is 22.2. The molecule has 0 spiro atoms. The number of ether oxygens (including phenoxy) is 2. The first kappa shape index (κ1) is 24.0. The number of halogens is 4. The van der Waals surface area contributed by atoms with Crippen LogP contribution in [0.5, 0.6) is 11.5 Å². The van der Waals surface area contributed by atoms with Crippen molar-refractivity contribution in [1.29, 1.82) is 0 Å². The molecule has 0 bridgehead atoms. The van der Waals surface area contributed by atoms with Gasteiger partial charge < -0.3 is 14.8 Å². The van der Waals surface area contributed by atoms with Crippen LogP contribution in [0.15, 0.2) is 54.6 Å². The molecule has 3 aromatic rings. The molecule has 0 aliphatic heterocycles. The smallest absolute Gasteiger partial charge is 0.161 e. The summed E-state index contributed by atoms with van der Waals surface area (Å²) in [5.41, 5.74) is 3.03. The lowest BCUT2D eigenvalue weighted by molar-refractivity contribution is 0.269. The second-order valence-corrected chi connectivity index (χ2v) is 8.59. The Balaban J connectivity index is 1.57. The van der Waals surface area contributed by atoms with Gasteiger partial charge in [0.25, 0.3) is 0 Å². The van der Waals surface area contributed by atoms with Crippen molar-refractivity contribution in [3.05, 3.63) is 91.4 Å². The minimum atomic E-state index is 0.329. The number of rotatable bonds is 10. The van der Waals surface area contributed by atoms with Crippen molar-refractivity contribution in [2.45, 2.75) is 26.5 Å². The highest BCUT2D eigenvalue weighted by molar-refractivity contribution is 6.35. The molecule has 3 rings (SSSR count). The third-order valence-electron chi connectivity index (χ3n) is 4.62. The van der Waals surface area contributed by atoms with Crippen LogP contribution in [0, 0.1) is 0 Å². The molecule has 0 heterocycles. The molecule has 164 valence electrons. The average molecular weight is 499 g/mol. The molecule has 0 fully saturated rings. The summed E-state index contributed by atoms with van der Waals surface area (Å²) < 4.78 is 11.7. The van der Waals surface area contributed by atoms with Crippen molar-refractivity contribution in [2.24, 2.45) is 0 Å². The third-order valence-corrected chi connectivity index (χ3v) is 5.80. The van der Waals surface area contributed by atoms with Gasteiger partial charge in [-0.15, -0.1) is 0 Å². The van der Waals surface area contributed by atoms with E-state index in [-0.39, 0.29) is 0 Å². The third kappa shape index (κ3) is 7.20. The highest BCUT2D eigenvalue weighted by Crippen LogP contribution is 2.30. The zero-order valence-electron chi connectivity index (χ0n) is 17.1. The first-order valence-electron chi connectivity index (χ1n) is 9.93. The van der Waals surface area contributed by atoms with Crippen LogP contribution in [0.2, 0.25) is 20.1 Å². The van der Waals surface area contributed by atoms with E-state index in [4.69, 9.17) is 55.9 Å². The van der Waals surface area contributed by atoms with E-state index in [1.165, 1.54) is 0 Å². The molecule has 0 saturated carbocycles. The summed E-state index contributed by atoms with van der Waals surface area (Å²) in [4.78, 5) is 0. The summed E-state index contributed by atoms with van der Waals surface area (Å²) >= 11 is 24.4. The van der Waals surface area contributed by atoms with Gasteiger partial charge in [0, 0.05) is 32.2 Å². The largest absolute Gasteiger partial charge is 0.490 e. The van der Waals surface area contributed by atoms with Crippen molar-refractivity contribution in [3.8, 4) is 11.5 Å². The van der Waals surface area contributed by atoms with Crippen molar-refractivity contribution < 1.29 is 9.47 Å². The van der Waals surface area contributed by atoms with Gasteiger partial charge >= 0.3 is 0 Å². The average Bonchev–Trinajstić information content (AvgIpc) is 2.73. The molecule has 0 aliphatic rings. The zero-order valence-corrected chi connectivity index (χ0v) is 20.1. The standard InChI is InChI=1S/C24H23Cl4NO2/c1-2-30-24-11-16(14-29-10-9-17-4-6-19(25)12-21(17)27)3-8-23(24)31-15-18-5-7-20(26)13-22(18)28/h3-8,11-13,29H,2,9-10,14-15H2,1H3. The normalized spacial score (nSPS) is 10.9. The Morgan fingerprint density at radius 1 is 0.742 bits per heavy atom. The molecule has 0 aromatic heterocycles. The number of hydrogen-bond donors (Lipinski definition) is 1. The van der Waals surface area contributed by atoms with Gasteiger partial charge in [0.15, 0.2) is 11.5 Å². The van der Waals surface area contributed by atoms with Gasteiger partial charge in [-0.1, -0.05) is 64.6 Å². The Hall–Kier alpha value is -1.62. The van der Waals surface area contributed by atoms with Crippen LogP contribution in [0.25, 0.3) is 0 Å². The van der Waals surface area contributed by atoms with Crippen LogP contribution < -0.4 is 14.8 Å². The fourth-order valence-electron chi connectivity index (χ4n) is 3.02. The molecule has 31 heavy (non-hydrogen) atoms. The fraction of sp³-hybridized carbons (Fsp3) is 0.250. The van der Waals surface area contributed by atoms with Crippen molar-refractivity contribution in [3.63, 3.8) is 0 Å². The van der Waals surface area contributed by atoms with Crippen LogP contribution in [0.1, 0.15) is 23.6 Å². The molecular formula is C24H23Cl4NO2. The molecule has 0 amide bonds. The number of benzene rings is 3. The Bertz CT molecular complexity index is 1030. The Morgan fingerprint density at radius 3 is 2.06 bits per heavy atom. The molecule has 0 atom stereocenters. The maximum Gasteiger partial charge on any atom is 0.161 e. The second kappa shape index (κ2) is 11.8. The topological polar surface area (TPSA) is 30.5 Å². The highest BCUT2D eigenvalue weighted by Gasteiger charge is 2.09. The van der Waals surface area contributed by atoms with Gasteiger partial charge in [0.2, 0.25) is 0 Å². The van der Waals surface area contributed by atoms with Gasteiger partial charge in [-0.3, -0.25) is 0 Å². The SMILES string of the molecule is CCOc1cc(CNCCc2ccc(Cl)cc2Cl)ccc1OCc1ccc(Cl)cc1Cl. The number of hydrogen-bond acceptors (Lipinski definition) is 3. The summed E-state index contributed by atoms with van der Waals surface area (Å²) in [5, 5.41) is 5.94. The second-order valence-electron chi connectivity index (χ2n) is 6.90. The molecule has 3 nitrogen and oxygen atoms in total. The van der Waals surface area contributed by atoms with Crippen LogP contribution in [0.3, 0.4) is 0 Å². The number of nitrogens with one attached hydrogen (secondary N) is 1. The summed E-state index contributed by atoms with van der Waals surface area (Å²) in [6.45, 7) is 4.31. The van der Waals surface area contributed by atoms with Gasteiger partial charge in [-0.25, -0.2) is 0 Å². The summed E-state index contributed by atoms with van der Waals surface area (Å²) in [6, 6.07) is 16.9. The van der Waals surface area contributed by atoms with Crippen LogP contribution in [-0.2, 0) is 19.6 Å². The van der Waals surface area contributed by atoms with E-state index in [0.717, 1.165) is 29.7 Å². The van der Waals surface area contributed by atoms with Crippen LogP contribution in [-0.4, -0.2) is 13.2 Å². The monoisotopic (exact) mass is 497 g/mol. The molecule has 7 heteroatoms. The minimum absolute atomic E-state index is 0.329. The predicted molar refractivity (Wildman–Crippen MR) is 130 cm³/mol. The predicted octanol–water partition coefficient (Wildman–Crippen LogP) is 7.61. The van der Waals surface area contributed by atoms with Gasteiger partial charge in [-0.2, -0.15) is 0 Å². The van der Waals surface area contributed by atoms with E-state index in [1.54, 1.807) is 18.2 Å². The molecular weight excluding hydrogens is 476 g/mol. The Labute approximate surface area is 203 Å². The lowest BCUT2D eigenvalue weighted by Gasteiger charge is -2.14. The molecule has 3 aromatic carbocycles. The first-order valence-corrected chi connectivity index (χ1v) is 11.4. The van der Waals surface area contributed by atoms with Crippen LogP contribution >= 0.6 is 46.4 Å². The van der Waals surface area contributed by atoms with E-state index < -0.39 is 0 Å². The van der Waals surface area contributed by atoms with Crippen molar-refractivity contribution in [2.75, 3.05) is 13.2 Å². The van der Waals surface area contributed by atoms with Crippen molar-refractivity contribution in [1.82, 2.24) is 5.32 Å².